The number of halogens is 1. The van der Waals surface area contributed by atoms with Gasteiger partial charge < -0.3 is 19.6 Å². The standard InChI is InChI=1S/C29H33ClN6O2/c1-20(2)36-19-25-26(28(36)38)31-29(34-15-13-33(14-16-34)21(3)37)32-27(25)35(17-22-7-5-4-6-8-22)18-23-9-11-24(30)12-10-23/h4-12,20H,13-19H2,1-3H3. The monoisotopic (exact) mass is 532 g/mol. The van der Waals surface area contributed by atoms with Crippen molar-refractivity contribution in [1.29, 1.82) is 0 Å². The Bertz CT molecular complexity index is 1310. The van der Waals surface area contributed by atoms with Crippen molar-refractivity contribution in [3.05, 3.63) is 82.0 Å². The summed E-state index contributed by atoms with van der Waals surface area (Å²) in [6.45, 7) is 9.80. The lowest BCUT2D eigenvalue weighted by atomic mass is 10.1. The van der Waals surface area contributed by atoms with Crippen molar-refractivity contribution in [1.82, 2.24) is 19.8 Å². The van der Waals surface area contributed by atoms with E-state index in [0.717, 1.165) is 22.5 Å². The second-order valence-corrected chi connectivity index (χ2v) is 10.6. The smallest absolute Gasteiger partial charge is 0.273 e. The van der Waals surface area contributed by atoms with Crippen LogP contribution in [0.1, 0.15) is 48.0 Å². The van der Waals surface area contributed by atoms with E-state index in [2.05, 4.69) is 21.9 Å². The summed E-state index contributed by atoms with van der Waals surface area (Å²) in [4.78, 5) is 43.2. The average Bonchev–Trinajstić information content (AvgIpc) is 3.26. The van der Waals surface area contributed by atoms with Crippen LogP contribution in [0.3, 0.4) is 0 Å². The number of anilines is 2. The zero-order chi connectivity index (χ0) is 26.8. The highest BCUT2D eigenvalue weighted by atomic mass is 35.5. The van der Waals surface area contributed by atoms with Crippen molar-refractivity contribution in [3.63, 3.8) is 0 Å². The first-order valence-corrected chi connectivity index (χ1v) is 13.4. The normalized spacial score (nSPS) is 15.3. The van der Waals surface area contributed by atoms with Crippen LogP contribution in [-0.2, 0) is 24.4 Å². The molecule has 0 radical (unpaired) electrons. The van der Waals surface area contributed by atoms with Crippen LogP contribution in [0.2, 0.25) is 5.02 Å². The van der Waals surface area contributed by atoms with E-state index >= 15 is 0 Å². The van der Waals surface area contributed by atoms with Gasteiger partial charge in [-0.05, 0) is 37.1 Å². The molecule has 3 aromatic rings. The van der Waals surface area contributed by atoms with Gasteiger partial charge in [0.1, 0.15) is 11.5 Å². The molecule has 8 nitrogen and oxygen atoms in total. The first kappa shape index (κ1) is 26.0. The quantitative estimate of drug-likeness (QED) is 0.450. The van der Waals surface area contributed by atoms with Crippen LogP contribution in [-0.4, -0.2) is 63.8 Å². The molecule has 0 unspecified atom stereocenters. The van der Waals surface area contributed by atoms with E-state index in [1.807, 2.05) is 66.1 Å². The van der Waals surface area contributed by atoms with E-state index in [-0.39, 0.29) is 17.9 Å². The highest BCUT2D eigenvalue weighted by Crippen LogP contribution is 2.34. The third-order valence-electron chi connectivity index (χ3n) is 7.20. The Hall–Kier alpha value is -3.65. The Morgan fingerprint density at radius 2 is 1.58 bits per heavy atom. The molecule has 1 aromatic heterocycles. The number of hydrogen-bond acceptors (Lipinski definition) is 6. The minimum absolute atomic E-state index is 0.0472. The van der Waals surface area contributed by atoms with Crippen LogP contribution >= 0.6 is 11.6 Å². The predicted molar refractivity (Wildman–Crippen MR) is 149 cm³/mol. The number of fused-ring (bicyclic) bond motifs is 1. The summed E-state index contributed by atoms with van der Waals surface area (Å²) in [5, 5.41) is 0.691. The van der Waals surface area contributed by atoms with E-state index < -0.39 is 0 Å². The number of nitrogens with zero attached hydrogens (tertiary/aromatic N) is 6. The van der Waals surface area contributed by atoms with Crippen molar-refractivity contribution in [2.75, 3.05) is 36.0 Å². The highest BCUT2D eigenvalue weighted by molar-refractivity contribution is 6.30. The zero-order valence-electron chi connectivity index (χ0n) is 22.1. The molecule has 3 heterocycles. The number of carbonyl (C=O) groups excluding carboxylic acids is 2. The summed E-state index contributed by atoms with van der Waals surface area (Å²) in [6, 6.07) is 18.2. The van der Waals surface area contributed by atoms with Gasteiger partial charge in [-0.1, -0.05) is 54.1 Å². The van der Waals surface area contributed by atoms with Crippen LogP contribution in [0.5, 0.6) is 0 Å². The lowest BCUT2D eigenvalue weighted by Crippen LogP contribution is -2.48. The number of amides is 2. The molecule has 1 fully saturated rings. The molecule has 2 aromatic carbocycles. The molecule has 0 atom stereocenters. The molecule has 9 heteroatoms. The van der Waals surface area contributed by atoms with E-state index in [4.69, 9.17) is 21.6 Å². The second-order valence-electron chi connectivity index (χ2n) is 10.2. The van der Waals surface area contributed by atoms with Gasteiger partial charge in [0, 0.05) is 62.8 Å². The van der Waals surface area contributed by atoms with Gasteiger partial charge in [0.05, 0.1) is 6.54 Å². The molecule has 2 aliphatic heterocycles. The van der Waals surface area contributed by atoms with Crippen molar-refractivity contribution >= 4 is 35.2 Å². The van der Waals surface area contributed by atoms with Crippen LogP contribution in [0.4, 0.5) is 11.8 Å². The Labute approximate surface area is 228 Å². The lowest BCUT2D eigenvalue weighted by molar-refractivity contribution is -0.129. The lowest BCUT2D eigenvalue weighted by Gasteiger charge is -2.35. The minimum Gasteiger partial charge on any atom is -0.347 e. The summed E-state index contributed by atoms with van der Waals surface area (Å²) in [7, 11) is 0. The van der Waals surface area contributed by atoms with E-state index in [1.54, 1.807) is 6.92 Å². The van der Waals surface area contributed by atoms with Gasteiger partial charge in [0.25, 0.3) is 5.91 Å². The minimum atomic E-state index is -0.0616. The van der Waals surface area contributed by atoms with Crippen molar-refractivity contribution in [3.8, 4) is 0 Å². The fraction of sp³-hybridized carbons (Fsp3) is 0.379. The summed E-state index contributed by atoms with van der Waals surface area (Å²) in [5.74, 6) is 1.32. The van der Waals surface area contributed by atoms with Crippen LogP contribution in [0.25, 0.3) is 0 Å². The molecular formula is C29H33ClN6O2. The van der Waals surface area contributed by atoms with Gasteiger partial charge in [-0.25, -0.2) is 4.98 Å². The zero-order valence-corrected chi connectivity index (χ0v) is 22.9. The summed E-state index contributed by atoms with van der Waals surface area (Å²) < 4.78 is 0. The van der Waals surface area contributed by atoms with Crippen molar-refractivity contribution in [2.24, 2.45) is 0 Å². The van der Waals surface area contributed by atoms with E-state index in [1.165, 1.54) is 0 Å². The first-order chi connectivity index (χ1) is 18.3. The Balaban J connectivity index is 1.57. The predicted octanol–water partition coefficient (Wildman–Crippen LogP) is 4.37. The number of piperazine rings is 1. The Morgan fingerprint density at radius 3 is 2.18 bits per heavy atom. The van der Waals surface area contributed by atoms with Gasteiger partial charge >= 0.3 is 0 Å². The fourth-order valence-corrected chi connectivity index (χ4v) is 5.15. The molecule has 0 bridgehead atoms. The molecule has 0 saturated carbocycles. The molecule has 0 spiro atoms. The largest absolute Gasteiger partial charge is 0.347 e. The molecule has 0 aliphatic carbocycles. The second kappa shape index (κ2) is 11.0. The molecule has 5 rings (SSSR count). The van der Waals surface area contributed by atoms with Crippen LogP contribution in [0, 0.1) is 0 Å². The molecule has 2 amide bonds. The number of hydrogen-bond donors (Lipinski definition) is 0. The van der Waals surface area contributed by atoms with Gasteiger partial charge in [-0.3, -0.25) is 9.59 Å². The maximum atomic E-state index is 13.5. The van der Waals surface area contributed by atoms with Gasteiger partial charge in [0.15, 0.2) is 0 Å². The SMILES string of the molecule is CC(=O)N1CCN(c2nc3c(c(N(Cc4ccccc4)Cc4ccc(Cl)cc4)n2)CN(C(C)C)C3=O)CC1. The topological polar surface area (TPSA) is 72.9 Å². The van der Waals surface area contributed by atoms with Crippen molar-refractivity contribution < 1.29 is 9.59 Å². The van der Waals surface area contributed by atoms with Crippen molar-refractivity contribution in [2.45, 2.75) is 46.4 Å². The van der Waals surface area contributed by atoms with E-state index in [9.17, 15) is 9.59 Å². The number of aromatic nitrogens is 2. The molecule has 198 valence electrons. The third-order valence-corrected chi connectivity index (χ3v) is 7.45. The van der Waals surface area contributed by atoms with Crippen LogP contribution in [0.15, 0.2) is 54.6 Å². The Kier molecular flexibility index (Phi) is 7.51. The third kappa shape index (κ3) is 5.45. The number of rotatable bonds is 7. The van der Waals surface area contributed by atoms with Gasteiger partial charge in [-0.15, -0.1) is 0 Å². The molecule has 0 N–H and O–H groups in total. The number of benzene rings is 2. The summed E-state index contributed by atoms with van der Waals surface area (Å²) in [5.41, 5.74) is 3.58. The van der Waals surface area contributed by atoms with E-state index in [0.29, 0.717) is 62.5 Å². The molecular weight excluding hydrogens is 500 g/mol. The Morgan fingerprint density at radius 1 is 0.947 bits per heavy atom. The average molecular weight is 533 g/mol. The maximum Gasteiger partial charge on any atom is 0.273 e. The van der Waals surface area contributed by atoms with Gasteiger partial charge in [0.2, 0.25) is 11.9 Å². The fourth-order valence-electron chi connectivity index (χ4n) is 5.02. The summed E-state index contributed by atoms with van der Waals surface area (Å²) >= 11 is 6.16. The van der Waals surface area contributed by atoms with Gasteiger partial charge in [-0.2, -0.15) is 4.98 Å². The maximum absolute atomic E-state index is 13.5. The highest BCUT2D eigenvalue weighted by Gasteiger charge is 2.36. The molecule has 2 aliphatic rings. The van der Waals surface area contributed by atoms with Crippen LogP contribution < -0.4 is 9.80 Å². The molecule has 1 saturated heterocycles. The number of carbonyl (C=O) groups is 2. The first-order valence-electron chi connectivity index (χ1n) is 13.1. The summed E-state index contributed by atoms with van der Waals surface area (Å²) in [6.07, 6.45) is 0. The molecule has 38 heavy (non-hydrogen) atoms.